The normalized spacial score (nSPS) is 12.7. The lowest BCUT2D eigenvalue weighted by Crippen LogP contribution is -2.22. The van der Waals surface area contributed by atoms with Crippen molar-refractivity contribution in [3.05, 3.63) is 71.6 Å². The number of allylic oxidation sites excluding steroid dienone is 1. The van der Waals surface area contributed by atoms with Crippen LogP contribution in [0.25, 0.3) is 0 Å². The number of carboxylic acid groups (broad SMARTS) is 1. The number of phenolic OH excluding ortho intramolecular Hbond substituents is 1. The maximum atomic E-state index is 13.8. The number of hydrogen-bond donors (Lipinski definition) is 3. The number of benzene rings is 2. The molecule has 156 valence electrons. The number of nitrogens with zero attached hydrogens (tertiary/aromatic N) is 1. The summed E-state index contributed by atoms with van der Waals surface area (Å²) < 4.78 is 19.4. The van der Waals surface area contributed by atoms with Crippen LogP contribution in [0, 0.1) is 23.1 Å². The molecular weight excluding hydrogens is 391 g/mol. The Hall–Kier alpha value is -3.86. The van der Waals surface area contributed by atoms with Gasteiger partial charge in [-0.25, -0.2) is 14.0 Å². The molecular formula is C22H21FN2O5. The molecule has 3 N–H and O–H groups in total. The lowest BCUT2D eigenvalue weighted by Gasteiger charge is -2.24. The molecule has 1 amide bonds. The molecule has 2 rings (SSSR count). The number of phenols is 1. The van der Waals surface area contributed by atoms with Gasteiger partial charge >= 0.3 is 12.1 Å². The first kappa shape index (κ1) is 22.4. The van der Waals surface area contributed by atoms with Gasteiger partial charge in [-0.2, -0.15) is 5.26 Å². The van der Waals surface area contributed by atoms with Gasteiger partial charge in [0.15, 0.2) is 11.6 Å². The molecule has 7 nitrogen and oxygen atoms in total. The summed E-state index contributed by atoms with van der Waals surface area (Å²) in [6, 6.07) is 11.9. The highest BCUT2D eigenvalue weighted by Crippen LogP contribution is 2.32. The summed E-state index contributed by atoms with van der Waals surface area (Å²) in [4.78, 5) is 23.0. The van der Waals surface area contributed by atoms with E-state index in [4.69, 9.17) is 15.1 Å². The van der Waals surface area contributed by atoms with E-state index in [9.17, 15) is 19.1 Å². The first-order chi connectivity index (χ1) is 14.3. The molecule has 0 aliphatic rings. The van der Waals surface area contributed by atoms with Crippen LogP contribution in [-0.2, 0) is 9.53 Å². The molecule has 2 aromatic carbocycles. The molecule has 0 saturated heterocycles. The second kappa shape index (κ2) is 10.6. The highest BCUT2D eigenvalue weighted by molar-refractivity contribution is 5.84. The molecule has 0 heterocycles. The smallest absolute Gasteiger partial charge is 0.412 e. The van der Waals surface area contributed by atoms with Gasteiger partial charge in [-0.1, -0.05) is 19.1 Å². The van der Waals surface area contributed by atoms with Gasteiger partial charge in [0.05, 0.1) is 11.6 Å². The molecule has 0 radical (unpaired) electrons. The summed E-state index contributed by atoms with van der Waals surface area (Å²) in [6.07, 6.45) is 1.80. The third-order valence-electron chi connectivity index (χ3n) is 4.36. The molecule has 8 heteroatoms. The summed E-state index contributed by atoms with van der Waals surface area (Å²) in [7, 11) is 0. The maximum absolute atomic E-state index is 13.8. The quantitative estimate of drug-likeness (QED) is 0.538. The molecule has 0 unspecified atom stereocenters. The molecule has 0 aliphatic carbocycles. The van der Waals surface area contributed by atoms with Crippen LogP contribution >= 0.6 is 0 Å². The van der Waals surface area contributed by atoms with Gasteiger partial charge in [-0.05, 0) is 60.7 Å². The van der Waals surface area contributed by atoms with E-state index in [1.54, 1.807) is 31.2 Å². The highest BCUT2D eigenvalue weighted by Gasteiger charge is 2.24. The van der Waals surface area contributed by atoms with Crippen molar-refractivity contribution in [2.75, 3.05) is 5.32 Å². The Balaban J connectivity index is 2.14. The van der Waals surface area contributed by atoms with Crippen molar-refractivity contribution in [1.82, 2.24) is 0 Å². The third-order valence-corrected chi connectivity index (χ3v) is 4.36. The zero-order valence-corrected chi connectivity index (χ0v) is 16.2. The van der Waals surface area contributed by atoms with Crippen molar-refractivity contribution in [1.29, 1.82) is 5.26 Å². The van der Waals surface area contributed by atoms with Crippen LogP contribution in [0.4, 0.5) is 14.9 Å². The number of carbonyl (C=O) groups is 2. The second-order valence-corrected chi connectivity index (χ2v) is 6.65. The van der Waals surface area contributed by atoms with Crippen LogP contribution in [0.5, 0.6) is 5.75 Å². The molecule has 2 atom stereocenters. The van der Waals surface area contributed by atoms with Crippen LogP contribution in [0.3, 0.4) is 0 Å². The van der Waals surface area contributed by atoms with Crippen molar-refractivity contribution in [3.8, 4) is 11.8 Å². The summed E-state index contributed by atoms with van der Waals surface area (Å²) in [5.41, 5.74) is 1.22. The number of aromatic hydroxyl groups is 1. The van der Waals surface area contributed by atoms with Crippen LogP contribution < -0.4 is 5.32 Å². The number of carboxylic acids is 1. The largest absolute Gasteiger partial charge is 0.505 e. The number of aliphatic carboxylic acids is 1. The zero-order chi connectivity index (χ0) is 22.1. The molecule has 0 aromatic heterocycles. The Morgan fingerprint density at radius 1 is 1.27 bits per heavy atom. The fraction of sp³-hybridized carbons (Fsp3) is 0.227. The van der Waals surface area contributed by atoms with Crippen molar-refractivity contribution in [3.63, 3.8) is 0 Å². The monoisotopic (exact) mass is 412 g/mol. The van der Waals surface area contributed by atoms with E-state index in [0.717, 1.165) is 12.1 Å². The molecule has 0 spiro atoms. The number of halogens is 1. The zero-order valence-electron chi connectivity index (χ0n) is 16.2. The number of anilines is 1. The molecule has 30 heavy (non-hydrogen) atoms. The lowest BCUT2D eigenvalue weighted by molar-refractivity contribution is -0.131. The summed E-state index contributed by atoms with van der Waals surface area (Å²) in [6.45, 7) is 1.79. The van der Waals surface area contributed by atoms with Crippen molar-refractivity contribution < 1.29 is 28.9 Å². The minimum atomic E-state index is -1.06. The van der Waals surface area contributed by atoms with Crippen LogP contribution in [0.1, 0.15) is 37.0 Å². The molecule has 0 bridgehead atoms. The van der Waals surface area contributed by atoms with Crippen LogP contribution in [0.2, 0.25) is 0 Å². The Labute approximate surface area is 173 Å². The van der Waals surface area contributed by atoms with Gasteiger partial charge in [-0.3, -0.25) is 5.32 Å². The van der Waals surface area contributed by atoms with E-state index in [1.807, 2.05) is 6.07 Å². The average molecular weight is 412 g/mol. The van der Waals surface area contributed by atoms with Crippen molar-refractivity contribution in [2.45, 2.75) is 25.9 Å². The van der Waals surface area contributed by atoms with Crippen LogP contribution in [-0.4, -0.2) is 22.3 Å². The predicted molar refractivity (Wildman–Crippen MR) is 107 cm³/mol. The molecule has 0 aliphatic heterocycles. The van der Waals surface area contributed by atoms with E-state index in [1.165, 1.54) is 18.2 Å². The summed E-state index contributed by atoms with van der Waals surface area (Å²) in [5, 5.41) is 29.5. The maximum Gasteiger partial charge on any atom is 0.412 e. The first-order valence-corrected chi connectivity index (χ1v) is 9.16. The Kier molecular flexibility index (Phi) is 7.94. The fourth-order valence-electron chi connectivity index (χ4n) is 2.80. The van der Waals surface area contributed by atoms with Crippen molar-refractivity contribution >= 4 is 17.7 Å². The Morgan fingerprint density at radius 2 is 1.97 bits per heavy atom. The number of hydrogen-bond acceptors (Lipinski definition) is 5. The van der Waals surface area contributed by atoms with E-state index >= 15 is 0 Å². The number of nitriles is 1. The molecule has 0 fully saturated rings. The van der Waals surface area contributed by atoms with Gasteiger partial charge in [-0.15, -0.1) is 0 Å². The van der Waals surface area contributed by atoms with E-state index in [2.05, 4.69) is 5.32 Å². The first-order valence-electron chi connectivity index (χ1n) is 9.16. The van der Waals surface area contributed by atoms with E-state index in [0.29, 0.717) is 29.7 Å². The minimum absolute atomic E-state index is 0.279. The van der Waals surface area contributed by atoms with E-state index in [-0.39, 0.29) is 5.92 Å². The second-order valence-electron chi connectivity index (χ2n) is 6.65. The van der Waals surface area contributed by atoms with Gasteiger partial charge in [0, 0.05) is 11.8 Å². The van der Waals surface area contributed by atoms with Crippen LogP contribution in [0.15, 0.2) is 54.6 Å². The third kappa shape index (κ3) is 6.63. The van der Waals surface area contributed by atoms with E-state index < -0.39 is 29.7 Å². The number of rotatable bonds is 8. The van der Waals surface area contributed by atoms with Gasteiger partial charge in [0.2, 0.25) is 0 Å². The van der Waals surface area contributed by atoms with Crippen molar-refractivity contribution in [2.24, 2.45) is 5.92 Å². The topological polar surface area (TPSA) is 120 Å². The molecule has 0 saturated carbocycles. The highest BCUT2D eigenvalue weighted by atomic mass is 19.1. The van der Waals surface area contributed by atoms with Gasteiger partial charge < -0.3 is 14.9 Å². The average Bonchev–Trinajstić information content (AvgIpc) is 2.72. The molecule has 2 aromatic rings. The summed E-state index contributed by atoms with van der Waals surface area (Å²) >= 11 is 0. The van der Waals surface area contributed by atoms with Gasteiger partial charge in [0.1, 0.15) is 6.10 Å². The number of ether oxygens (including phenoxy) is 1. The number of amides is 1. The summed E-state index contributed by atoms with van der Waals surface area (Å²) in [5.74, 6) is -2.69. The minimum Gasteiger partial charge on any atom is -0.505 e. The fourth-order valence-corrected chi connectivity index (χ4v) is 2.80. The van der Waals surface area contributed by atoms with Gasteiger partial charge in [0.25, 0.3) is 0 Å². The predicted octanol–water partition coefficient (Wildman–Crippen LogP) is 4.75. The SMILES string of the molecule is C[C@H](CC/C=C/C(=O)O)[C@@H](OC(=O)Nc1ccc(C#N)cc1)c1ccc(O)c(F)c1. The Bertz CT molecular complexity index is 966. The standard InChI is InChI=1S/C22H21FN2O5/c1-14(4-2-3-5-20(27)28)21(16-8-11-19(26)18(23)12-16)30-22(29)25-17-9-6-15(13-24)7-10-17/h3,5-12,14,21,26H,2,4H2,1H3,(H,25,29)(H,27,28)/b5-3+/t14-,21-/m1/s1. The lowest BCUT2D eigenvalue weighted by atomic mass is 9.93. The number of carbonyl (C=O) groups excluding carboxylic acids is 1. The number of nitrogens with one attached hydrogen (secondary N) is 1. The Morgan fingerprint density at radius 3 is 2.57 bits per heavy atom.